The first-order valence-corrected chi connectivity index (χ1v) is 6.17. The van der Waals surface area contributed by atoms with Gasteiger partial charge in [-0.2, -0.15) is 0 Å². The number of halogens is 1. The molecule has 0 saturated carbocycles. The Labute approximate surface area is 110 Å². The number of hydrogen-bond donors (Lipinski definition) is 3. The molecule has 1 aliphatic heterocycles. The Balaban J connectivity index is 1.87. The highest BCUT2D eigenvalue weighted by molar-refractivity contribution is 5.81. The Hall–Kier alpha value is -1.50. The number of hydrogen-bond acceptors (Lipinski definition) is 4. The summed E-state index contributed by atoms with van der Waals surface area (Å²) in [5.74, 6) is -0.625. The number of ether oxygens (including phenoxy) is 1. The molecule has 1 saturated heterocycles. The summed E-state index contributed by atoms with van der Waals surface area (Å²) in [6.45, 7) is 1.53. The molecule has 1 aromatic rings. The fraction of sp³-hybridized carbons (Fsp3) is 0.462. The number of aliphatic hydroxyl groups is 1. The van der Waals surface area contributed by atoms with Crippen LogP contribution in [-0.4, -0.2) is 36.8 Å². The lowest BCUT2D eigenvalue weighted by Crippen LogP contribution is -2.51. The van der Waals surface area contributed by atoms with Crippen molar-refractivity contribution in [3.8, 4) is 0 Å². The summed E-state index contributed by atoms with van der Waals surface area (Å²) in [6, 6.07) is 4.16. The van der Waals surface area contributed by atoms with Crippen LogP contribution in [0.4, 0.5) is 4.39 Å². The molecule has 2 rings (SSSR count). The van der Waals surface area contributed by atoms with E-state index in [1.54, 1.807) is 6.07 Å². The van der Waals surface area contributed by atoms with Gasteiger partial charge in [-0.05, 0) is 11.6 Å². The van der Waals surface area contributed by atoms with Crippen LogP contribution in [0.1, 0.15) is 11.1 Å². The zero-order valence-corrected chi connectivity index (χ0v) is 10.5. The molecule has 1 aromatic carbocycles. The van der Waals surface area contributed by atoms with E-state index in [0.29, 0.717) is 25.3 Å². The predicted octanol–water partition coefficient (Wildman–Crippen LogP) is -0.0774. The van der Waals surface area contributed by atoms with Crippen molar-refractivity contribution in [1.82, 2.24) is 10.6 Å². The Morgan fingerprint density at radius 1 is 1.58 bits per heavy atom. The number of nitrogens with one attached hydrogen (secondary N) is 2. The number of benzene rings is 1. The molecule has 3 N–H and O–H groups in total. The summed E-state index contributed by atoms with van der Waals surface area (Å²) >= 11 is 0. The Kier molecular flexibility index (Phi) is 4.84. The van der Waals surface area contributed by atoms with E-state index in [4.69, 9.17) is 9.84 Å². The van der Waals surface area contributed by atoms with E-state index in [0.717, 1.165) is 0 Å². The molecule has 1 amide bonds. The molecule has 0 bridgehead atoms. The number of rotatable bonds is 4. The van der Waals surface area contributed by atoms with Gasteiger partial charge in [-0.25, -0.2) is 4.39 Å². The maximum absolute atomic E-state index is 13.4. The lowest BCUT2D eigenvalue weighted by atomic mass is 10.1. The van der Waals surface area contributed by atoms with Crippen LogP contribution in [0.15, 0.2) is 18.2 Å². The molecule has 1 heterocycles. The molecule has 19 heavy (non-hydrogen) atoms. The van der Waals surface area contributed by atoms with Crippen molar-refractivity contribution < 1.29 is 19.0 Å². The van der Waals surface area contributed by atoms with Crippen LogP contribution < -0.4 is 10.6 Å². The fourth-order valence-electron chi connectivity index (χ4n) is 1.88. The summed E-state index contributed by atoms with van der Waals surface area (Å²) in [4.78, 5) is 11.8. The highest BCUT2D eigenvalue weighted by atomic mass is 19.1. The average molecular weight is 268 g/mol. The minimum absolute atomic E-state index is 0.161. The largest absolute Gasteiger partial charge is 0.392 e. The van der Waals surface area contributed by atoms with Crippen molar-refractivity contribution in [2.75, 3.05) is 19.8 Å². The van der Waals surface area contributed by atoms with Gasteiger partial charge in [-0.3, -0.25) is 4.79 Å². The highest BCUT2D eigenvalue weighted by Crippen LogP contribution is 2.10. The van der Waals surface area contributed by atoms with Gasteiger partial charge in [0.1, 0.15) is 11.9 Å². The van der Waals surface area contributed by atoms with E-state index >= 15 is 0 Å². The van der Waals surface area contributed by atoms with Crippen LogP contribution in [-0.2, 0) is 22.7 Å². The second-order valence-electron chi connectivity index (χ2n) is 4.38. The van der Waals surface area contributed by atoms with Crippen molar-refractivity contribution in [1.29, 1.82) is 0 Å². The van der Waals surface area contributed by atoms with Crippen molar-refractivity contribution in [2.45, 2.75) is 19.2 Å². The van der Waals surface area contributed by atoms with E-state index in [1.807, 2.05) is 0 Å². The van der Waals surface area contributed by atoms with Gasteiger partial charge in [0, 0.05) is 18.7 Å². The average Bonchev–Trinajstić information content (AvgIpc) is 2.46. The van der Waals surface area contributed by atoms with Crippen LogP contribution in [0, 0.1) is 5.82 Å². The molecular weight excluding hydrogens is 251 g/mol. The van der Waals surface area contributed by atoms with Crippen LogP contribution in [0.3, 0.4) is 0 Å². The maximum Gasteiger partial charge on any atom is 0.239 e. The Morgan fingerprint density at radius 2 is 2.42 bits per heavy atom. The predicted molar refractivity (Wildman–Crippen MR) is 66.8 cm³/mol. The van der Waals surface area contributed by atoms with Gasteiger partial charge < -0.3 is 20.5 Å². The third-order valence-corrected chi connectivity index (χ3v) is 2.99. The minimum Gasteiger partial charge on any atom is -0.392 e. The number of carbonyl (C=O) groups is 1. The zero-order chi connectivity index (χ0) is 13.7. The molecule has 5 nitrogen and oxygen atoms in total. The Bertz CT molecular complexity index is 448. The quantitative estimate of drug-likeness (QED) is 0.714. The summed E-state index contributed by atoms with van der Waals surface area (Å²) < 4.78 is 18.6. The molecule has 0 radical (unpaired) electrons. The summed E-state index contributed by atoms with van der Waals surface area (Å²) in [7, 11) is 0. The van der Waals surface area contributed by atoms with Crippen molar-refractivity contribution in [2.24, 2.45) is 0 Å². The van der Waals surface area contributed by atoms with E-state index < -0.39 is 5.82 Å². The molecule has 1 fully saturated rings. The zero-order valence-electron chi connectivity index (χ0n) is 10.5. The number of aliphatic hydroxyl groups excluding tert-OH is 1. The Morgan fingerprint density at radius 3 is 3.05 bits per heavy atom. The van der Waals surface area contributed by atoms with Gasteiger partial charge in [0.15, 0.2) is 0 Å². The topological polar surface area (TPSA) is 70.6 Å². The van der Waals surface area contributed by atoms with Gasteiger partial charge in [0.25, 0.3) is 0 Å². The first kappa shape index (κ1) is 13.9. The molecule has 0 aromatic heterocycles. The second-order valence-corrected chi connectivity index (χ2v) is 4.38. The van der Waals surface area contributed by atoms with Crippen LogP contribution >= 0.6 is 0 Å². The highest BCUT2D eigenvalue weighted by Gasteiger charge is 2.20. The lowest BCUT2D eigenvalue weighted by Gasteiger charge is -2.22. The van der Waals surface area contributed by atoms with Crippen LogP contribution in [0.2, 0.25) is 0 Å². The molecule has 1 aliphatic rings. The van der Waals surface area contributed by atoms with Gasteiger partial charge in [0.05, 0.1) is 19.8 Å². The van der Waals surface area contributed by atoms with Gasteiger partial charge in [0.2, 0.25) is 5.91 Å². The van der Waals surface area contributed by atoms with Gasteiger partial charge >= 0.3 is 0 Å². The van der Waals surface area contributed by atoms with Crippen molar-refractivity contribution >= 4 is 5.91 Å². The van der Waals surface area contributed by atoms with E-state index in [9.17, 15) is 9.18 Å². The standard InChI is InChI=1S/C13H17FN2O3/c14-11-5-9(1-2-10(11)7-17)6-16-13(18)12-8-19-4-3-15-12/h1-2,5,12,15,17H,3-4,6-8H2,(H,16,18). The molecular formula is C13H17FN2O3. The number of carbonyl (C=O) groups excluding carboxylic acids is 1. The fourth-order valence-corrected chi connectivity index (χ4v) is 1.88. The second kappa shape index (κ2) is 6.60. The molecule has 0 aliphatic carbocycles. The molecule has 1 unspecified atom stereocenters. The van der Waals surface area contributed by atoms with Gasteiger partial charge in [-0.1, -0.05) is 12.1 Å². The number of morpholine rings is 1. The SMILES string of the molecule is O=C(NCc1ccc(CO)c(F)c1)C1COCCN1. The van der Waals surface area contributed by atoms with E-state index in [2.05, 4.69) is 10.6 Å². The third kappa shape index (κ3) is 3.73. The first-order chi connectivity index (χ1) is 9.20. The molecule has 0 spiro atoms. The van der Waals surface area contributed by atoms with Crippen LogP contribution in [0.25, 0.3) is 0 Å². The first-order valence-electron chi connectivity index (χ1n) is 6.17. The van der Waals surface area contributed by atoms with Crippen molar-refractivity contribution in [3.05, 3.63) is 35.1 Å². The third-order valence-electron chi connectivity index (χ3n) is 2.99. The molecule has 1 atom stereocenters. The summed E-state index contributed by atoms with van der Waals surface area (Å²) in [6.07, 6.45) is 0. The summed E-state index contributed by atoms with van der Waals surface area (Å²) in [5.41, 5.74) is 0.900. The van der Waals surface area contributed by atoms with Crippen LogP contribution in [0.5, 0.6) is 0 Å². The van der Waals surface area contributed by atoms with Crippen molar-refractivity contribution in [3.63, 3.8) is 0 Å². The van der Waals surface area contributed by atoms with E-state index in [1.165, 1.54) is 12.1 Å². The van der Waals surface area contributed by atoms with Gasteiger partial charge in [-0.15, -0.1) is 0 Å². The summed E-state index contributed by atoms with van der Waals surface area (Å²) in [5, 5.41) is 14.6. The lowest BCUT2D eigenvalue weighted by molar-refractivity contribution is -0.126. The minimum atomic E-state index is -0.464. The smallest absolute Gasteiger partial charge is 0.239 e. The normalized spacial score (nSPS) is 19.2. The monoisotopic (exact) mass is 268 g/mol. The number of amides is 1. The maximum atomic E-state index is 13.4. The molecule has 6 heteroatoms. The molecule has 104 valence electrons. The van der Waals surface area contributed by atoms with E-state index in [-0.39, 0.29) is 30.7 Å².